The van der Waals surface area contributed by atoms with Crippen molar-refractivity contribution >= 4 is 22.9 Å². The SMILES string of the molecule is COc1ccc(C(N)=S)c(NC2CCN3CCCCC23)c1. The largest absolute Gasteiger partial charge is 0.497 e. The van der Waals surface area contributed by atoms with E-state index in [9.17, 15) is 0 Å². The molecule has 2 saturated heterocycles. The minimum absolute atomic E-state index is 0.429. The molecule has 5 heteroatoms. The molecule has 0 aliphatic carbocycles. The molecule has 2 aliphatic rings. The van der Waals surface area contributed by atoms with Gasteiger partial charge in [0.1, 0.15) is 10.7 Å². The van der Waals surface area contributed by atoms with Gasteiger partial charge in [-0.05, 0) is 37.9 Å². The number of piperidine rings is 1. The van der Waals surface area contributed by atoms with Gasteiger partial charge in [0.05, 0.1) is 7.11 Å². The molecular formula is C16H23N3OS. The maximum Gasteiger partial charge on any atom is 0.120 e. The number of methoxy groups -OCH3 is 1. The first-order chi connectivity index (χ1) is 10.2. The van der Waals surface area contributed by atoms with Crippen molar-refractivity contribution in [2.75, 3.05) is 25.5 Å². The van der Waals surface area contributed by atoms with Crippen LogP contribution in [0.5, 0.6) is 5.75 Å². The fraction of sp³-hybridized carbons (Fsp3) is 0.562. The molecule has 0 radical (unpaired) electrons. The Labute approximate surface area is 131 Å². The van der Waals surface area contributed by atoms with Crippen LogP contribution in [0.25, 0.3) is 0 Å². The molecule has 0 bridgehead atoms. The summed E-state index contributed by atoms with van der Waals surface area (Å²) in [7, 11) is 1.68. The van der Waals surface area contributed by atoms with E-state index in [0.717, 1.165) is 17.0 Å². The summed E-state index contributed by atoms with van der Waals surface area (Å²) in [6, 6.07) is 6.97. The Morgan fingerprint density at radius 1 is 1.33 bits per heavy atom. The lowest BCUT2D eigenvalue weighted by Gasteiger charge is -2.33. The number of anilines is 1. The smallest absolute Gasteiger partial charge is 0.120 e. The summed E-state index contributed by atoms with van der Waals surface area (Å²) in [6.07, 6.45) is 5.13. The lowest BCUT2D eigenvalue weighted by molar-refractivity contribution is 0.193. The third-order valence-corrected chi connectivity index (χ3v) is 4.91. The number of hydrogen-bond acceptors (Lipinski definition) is 4. The van der Waals surface area contributed by atoms with Gasteiger partial charge in [-0.1, -0.05) is 18.6 Å². The maximum atomic E-state index is 5.85. The lowest BCUT2D eigenvalue weighted by Crippen LogP contribution is -2.41. The molecule has 4 nitrogen and oxygen atoms in total. The summed E-state index contributed by atoms with van der Waals surface area (Å²) in [5.74, 6) is 0.830. The number of nitrogens with one attached hydrogen (secondary N) is 1. The van der Waals surface area contributed by atoms with Crippen LogP contribution in [0.1, 0.15) is 31.2 Å². The Hall–Kier alpha value is -1.33. The van der Waals surface area contributed by atoms with Crippen LogP contribution in [-0.2, 0) is 0 Å². The second-order valence-corrected chi connectivity index (χ2v) is 6.35. The van der Waals surface area contributed by atoms with Crippen molar-refractivity contribution in [1.82, 2.24) is 4.90 Å². The second kappa shape index (κ2) is 6.20. The van der Waals surface area contributed by atoms with Gasteiger partial charge in [-0.2, -0.15) is 0 Å². The van der Waals surface area contributed by atoms with E-state index >= 15 is 0 Å². The summed E-state index contributed by atoms with van der Waals surface area (Å²) < 4.78 is 5.33. The minimum Gasteiger partial charge on any atom is -0.497 e. The Balaban J connectivity index is 1.81. The molecule has 114 valence electrons. The number of nitrogens with two attached hydrogens (primary N) is 1. The van der Waals surface area contributed by atoms with Crippen molar-refractivity contribution in [2.45, 2.75) is 37.8 Å². The van der Waals surface area contributed by atoms with Crippen LogP contribution in [0.4, 0.5) is 5.69 Å². The number of benzene rings is 1. The highest BCUT2D eigenvalue weighted by Crippen LogP contribution is 2.31. The molecule has 0 saturated carbocycles. The third-order valence-electron chi connectivity index (χ3n) is 4.69. The fourth-order valence-electron chi connectivity index (χ4n) is 3.60. The van der Waals surface area contributed by atoms with Gasteiger partial charge in [0.2, 0.25) is 0 Å². The summed E-state index contributed by atoms with van der Waals surface area (Å²) in [5.41, 5.74) is 7.75. The Kier molecular flexibility index (Phi) is 4.31. The Morgan fingerprint density at radius 2 is 2.19 bits per heavy atom. The summed E-state index contributed by atoms with van der Waals surface area (Å²) in [5, 5.41) is 3.68. The van der Waals surface area contributed by atoms with Gasteiger partial charge in [0.25, 0.3) is 0 Å². The van der Waals surface area contributed by atoms with Gasteiger partial charge >= 0.3 is 0 Å². The van der Waals surface area contributed by atoms with Gasteiger partial charge in [-0.15, -0.1) is 0 Å². The average Bonchev–Trinajstić information content (AvgIpc) is 2.90. The molecule has 1 aromatic rings. The molecule has 0 spiro atoms. The molecule has 2 heterocycles. The zero-order valence-corrected chi connectivity index (χ0v) is 13.3. The van der Waals surface area contributed by atoms with Crippen LogP contribution in [0.15, 0.2) is 18.2 Å². The first-order valence-corrected chi connectivity index (χ1v) is 8.08. The zero-order chi connectivity index (χ0) is 14.8. The molecule has 3 rings (SSSR count). The summed E-state index contributed by atoms with van der Waals surface area (Å²) >= 11 is 5.17. The van der Waals surface area contributed by atoms with E-state index in [0.29, 0.717) is 17.1 Å². The molecule has 2 unspecified atom stereocenters. The molecule has 21 heavy (non-hydrogen) atoms. The van der Waals surface area contributed by atoms with Crippen molar-refractivity contribution in [3.05, 3.63) is 23.8 Å². The predicted molar refractivity (Wildman–Crippen MR) is 90.1 cm³/mol. The molecule has 2 aliphatic heterocycles. The van der Waals surface area contributed by atoms with E-state index < -0.39 is 0 Å². The first kappa shape index (κ1) is 14.6. The van der Waals surface area contributed by atoms with Crippen LogP contribution in [-0.4, -0.2) is 42.2 Å². The molecule has 3 N–H and O–H groups in total. The van der Waals surface area contributed by atoms with Crippen molar-refractivity contribution in [2.24, 2.45) is 5.73 Å². The maximum absolute atomic E-state index is 5.85. The number of ether oxygens (including phenoxy) is 1. The Bertz CT molecular complexity index is 534. The normalized spacial score (nSPS) is 25.4. The lowest BCUT2D eigenvalue weighted by atomic mass is 9.98. The summed E-state index contributed by atoms with van der Waals surface area (Å²) in [4.78, 5) is 3.04. The number of thiocarbonyl (C=S) groups is 1. The Morgan fingerprint density at radius 3 is 2.95 bits per heavy atom. The second-order valence-electron chi connectivity index (χ2n) is 5.91. The number of hydrogen-bond donors (Lipinski definition) is 2. The van der Waals surface area contributed by atoms with Crippen LogP contribution in [0, 0.1) is 0 Å². The van der Waals surface area contributed by atoms with E-state index in [1.807, 2.05) is 18.2 Å². The highest BCUT2D eigenvalue weighted by atomic mass is 32.1. The van der Waals surface area contributed by atoms with E-state index in [1.54, 1.807) is 7.11 Å². The van der Waals surface area contributed by atoms with Crippen molar-refractivity contribution in [3.8, 4) is 5.75 Å². The van der Waals surface area contributed by atoms with E-state index in [1.165, 1.54) is 38.8 Å². The number of rotatable bonds is 4. The molecule has 2 fully saturated rings. The molecule has 1 aromatic carbocycles. The van der Waals surface area contributed by atoms with Crippen LogP contribution < -0.4 is 15.8 Å². The predicted octanol–water partition coefficient (Wildman–Crippen LogP) is 2.37. The quantitative estimate of drug-likeness (QED) is 0.837. The topological polar surface area (TPSA) is 50.5 Å². The van der Waals surface area contributed by atoms with Gasteiger partial charge in [-0.3, -0.25) is 4.90 Å². The van der Waals surface area contributed by atoms with Gasteiger partial charge in [0.15, 0.2) is 0 Å². The van der Waals surface area contributed by atoms with E-state index in [4.69, 9.17) is 22.7 Å². The third kappa shape index (κ3) is 2.99. The first-order valence-electron chi connectivity index (χ1n) is 7.67. The van der Waals surface area contributed by atoms with Gasteiger partial charge < -0.3 is 15.8 Å². The van der Waals surface area contributed by atoms with Crippen molar-refractivity contribution in [3.63, 3.8) is 0 Å². The van der Waals surface area contributed by atoms with E-state index in [2.05, 4.69) is 10.2 Å². The number of fused-ring (bicyclic) bond motifs is 1. The standard InChI is InChI=1S/C16H23N3OS/c1-20-11-5-6-12(16(17)21)14(10-11)18-13-7-9-19-8-3-2-4-15(13)19/h5-6,10,13,15,18H,2-4,7-9H2,1H3,(H2,17,21). The average molecular weight is 305 g/mol. The monoisotopic (exact) mass is 305 g/mol. The van der Waals surface area contributed by atoms with Crippen LogP contribution in [0.3, 0.4) is 0 Å². The molecule has 0 amide bonds. The fourth-order valence-corrected chi connectivity index (χ4v) is 3.78. The van der Waals surface area contributed by atoms with Crippen molar-refractivity contribution < 1.29 is 4.74 Å². The zero-order valence-electron chi connectivity index (χ0n) is 12.5. The van der Waals surface area contributed by atoms with Crippen LogP contribution in [0.2, 0.25) is 0 Å². The molecule has 0 aromatic heterocycles. The highest BCUT2D eigenvalue weighted by Gasteiger charge is 2.35. The van der Waals surface area contributed by atoms with Crippen molar-refractivity contribution in [1.29, 1.82) is 0 Å². The van der Waals surface area contributed by atoms with Crippen LogP contribution >= 0.6 is 12.2 Å². The minimum atomic E-state index is 0.429. The van der Waals surface area contributed by atoms with Gasteiger partial charge in [0, 0.05) is 35.9 Å². The highest BCUT2D eigenvalue weighted by molar-refractivity contribution is 7.80. The number of nitrogens with zero attached hydrogens (tertiary/aromatic N) is 1. The van der Waals surface area contributed by atoms with Gasteiger partial charge in [-0.25, -0.2) is 0 Å². The summed E-state index contributed by atoms with van der Waals surface area (Å²) in [6.45, 7) is 2.43. The molecular weight excluding hydrogens is 282 g/mol. The van der Waals surface area contributed by atoms with E-state index in [-0.39, 0.29) is 0 Å². The molecule has 2 atom stereocenters.